The Kier molecular flexibility index (Phi) is 2.99. The second-order valence-electron chi connectivity index (χ2n) is 3.85. The summed E-state index contributed by atoms with van der Waals surface area (Å²) in [6, 6.07) is 5.83. The number of benzene rings is 1. The standard InChI is InChI=1S/C12H15N3O2/c1-8-14-10-6-9(13-7-12(16)17-3)4-5-11(10)15(8)2/h4-6,13H,7H2,1-3H3. The van der Waals surface area contributed by atoms with Crippen LogP contribution in [-0.4, -0.2) is 29.2 Å². The lowest BCUT2D eigenvalue weighted by Crippen LogP contribution is -2.14. The van der Waals surface area contributed by atoms with Gasteiger partial charge in [0, 0.05) is 12.7 Å². The lowest BCUT2D eigenvalue weighted by Gasteiger charge is -2.04. The zero-order chi connectivity index (χ0) is 12.4. The molecule has 5 nitrogen and oxygen atoms in total. The van der Waals surface area contributed by atoms with Crippen molar-refractivity contribution < 1.29 is 9.53 Å². The molecular formula is C12H15N3O2. The van der Waals surface area contributed by atoms with Gasteiger partial charge in [-0.25, -0.2) is 4.98 Å². The molecule has 0 atom stereocenters. The molecule has 0 aliphatic carbocycles. The van der Waals surface area contributed by atoms with E-state index in [0.717, 1.165) is 22.5 Å². The molecule has 0 saturated carbocycles. The van der Waals surface area contributed by atoms with Gasteiger partial charge in [-0.3, -0.25) is 4.79 Å². The molecule has 2 rings (SSSR count). The zero-order valence-corrected chi connectivity index (χ0v) is 10.2. The van der Waals surface area contributed by atoms with E-state index in [0.29, 0.717) is 0 Å². The van der Waals surface area contributed by atoms with E-state index in [2.05, 4.69) is 15.0 Å². The number of nitrogens with one attached hydrogen (secondary N) is 1. The number of nitrogens with zero attached hydrogens (tertiary/aromatic N) is 2. The molecule has 90 valence electrons. The van der Waals surface area contributed by atoms with Gasteiger partial charge in [0.05, 0.1) is 18.1 Å². The summed E-state index contributed by atoms with van der Waals surface area (Å²) in [6.07, 6.45) is 0. The number of aromatic nitrogens is 2. The Labute approximate surface area is 99.4 Å². The number of esters is 1. The van der Waals surface area contributed by atoms with Gasteiger partial charge in [0.2, 0.25) is 0 Å². The minimum Gasteiger partial charge on any atom is -0.468 e. The number of anilines is 1. The Morgan fingerprint density at radius 3 is 3.00 bits per heavy atom. The van der Waals surface area contributed by atoms with Gasteiger partial charge < -0.3 is 14.6 Å². The van der Waals surface area contributed by atoms with Crippen molar-refractivity contribution in [1.29, 1.82) is 0 Å². The summed E-state index contributed by atoms with van der Waals surface area (Å²) in [6.45, 7) is 2.12. The average Bonchev–Trinajstić information content (AvgIpc) is 2.62. The Morgan fingerprint density at radius 2 is 2.29 bits per heavy atom. The van der Waals surface area contributed by atoms with Gasteiger partial charge in [-0.15, -0.1) is 0 Å². The number of hydrogen-bond acceptors (Lipinski definition) is 4. The van der Waals surface area contributed by atoms with Gasteiger partial charge in [0.1, 0.15) is 12.4 Å². The van der Waals surface area contributed by atoms with Crippen LogP contribution < -0.4 is 5.32 Å². The molecule has 1 heterocycles. The highest BCUT2D eigenvalue weighted by atomic mass is 16.5. The largest absolute Gasteiger partial charge is 0.468 e. The fraction of sp³-hybridized carbons (Fsp3) is 0.333. The topological polar surface area (TPSA) is 56.1 Å². The van der Waals surface area contributed by atoms with Crippen LogP contribution in [0.5, 0.6) is 0 Å². The molecule has 2 aromatic rings. The predicted molar refractivity (Wildman–Crippen MR) is 66.0 cm³/mol. The first-order valence-corrected chi connectivity index (χ1v) is 5.35. The van der Waals surface area contributed by atoms with Crippen molar-refractivity contribution in [3.05, 3.63) is 24.0 Å². The summed E-state index contributed by atoms with van der Waals surface area (Å²) in [5.74, 6) is 0.674. The Balaban J connectivity index is 2.23. The summed E-state index contributed by atoms with van der Waals surface area (Å²) in [4.78, 5) is 15.4. The smallest absolute Gasteiger partial charge is 0.325 e. The van der Waals surface area contributed by atoms with E-state index in [1.807, 2.05) is 36.7 Å². The zero-order valence-electron chi connectivity index (χ0n) is 10.2. The first-order chi connectivity index (χ1) is 8.11. The third kappa shape index (κ3) is 2.22. The van der Waals surface area contributed by atoms with E-state index < -0.39 is 0 Å². The molecule has 1 aromatic heterocycles. The second kappa shape index (κ2) is 4.45. The molecule has 1 N–H and O–H groups in total. The Morgan fingerprint density at radius 1 is 1.53 bits per heavy atom. The van der Waals surface area contributed by atoms with Crippen LogP contribution in [0, 0.1) is 6.92 Å². The van der Waals surface area contributed by atoms with Gasteiger partial charge >= 0.3 is 5.97 Å². The molecule has 0 spiro atoms. The van der Waals surface area contributed by atoms with Crippen LogP contribution in [0.3, 0.4) is 0 Å². The van der Waals surface area contributed by atoms with Crippen molar-refractivity contribution in [2.24, 2.45) is 7.05 Å². The normalized spacial score (nSPS) is 10.5. The van der Waals surface area contributed by atoms with E-state index in [1.165, 1.54) is 7.11 Å². The van der Waals surface area contributed by atoms with Crippen molar-refractivity contribution in [3.63, 3.8) is 0 Å². The fourth-order valence-corrected chi connectivity index (χ4v) is 1.68. The van der Waals surface area contributed by atoms with E-state index in [-0.39, 0.29) is 12.5 Å². The van der Waals surface area contributed by atoms with Gasteiger partial charge in [-0.1, -0.05) is 0 Å². The molecule has 0 amide bonds. The van der Waals surface area contributed by atoms with Crippen LogP contribution in [0.15, 0.2) is 18.2 Å². The van der Waals surface area contributed by atoms with Crippen molar-refractivity contribution in [1.82, 2.24) is 9.55 Å². The maximum Gasteiger partial charge on any atom is 0.325 e. The van der Waals surface area contributed by atoms with Crippen molar-refractivity contribution in [2.75, 3.05) is 19.0 Å². The van der Waals surface area contributed by atoms with Gasteiger partial charge in [-0.2, -0.15) is 0 Å². The van der Waals surface area contributed by atoms with E-state index in [4.69, 9.17) is 0 Å². The van der Waals surface area contributed by atoms with Crippen LogP contribution in [0.1, 0.15) is 5.82 Å². The maximum absolute atomic E-state index is 11.0. The number of rotatable bonds is 3. The van der Waals surface area contributed by atoms with Crippen LogP contribution in [0.2, 0.25) is 0 Å². The van der Waals surface area contributed by atoms with Crippen LogP contribution in [0.25, 0.3) is 11.0 Å². The molecule has 17 heavy (non-hydrogen) atoms. The number of carbonyl (C=O) groups is 1. The number of hydrogen-bond donors (Lipinski definition) is 1. The second-order valence-corrected chi connectivity index (χ2v) is 3.85. The average molecular weight is 233 g/mol. The van der Waals surface area contributed by atoms with E-state index in [1.54, 1.807) is 0 Å². The number of imidazole rings is 1. The quantitative estimate of drug-likeness (QED) is 0.815. The number of carbonyl (C=O) groups excluding carboxylic acids is 1. The van der Waals surface area contributed by atoms with Crippen molar-refractivity contribution >= 4 is 22.7 Å². The predicted octanol–water partition coefficient (Wildman–Crippen LogP) is 1.47. The lowest BCUT2D eigenvalue weighted by molar-refractivity contribution is -0.138. The minimum absolute atomic E-state index is 0.161. The molecule has 0 unspecified atom stereocenters. The molecule has 0 fully saturated rings. The first-order valence-electron chi connectivity index (χ1n) is 5.35. The number of fused-ring (bicyclic) bond motifs is 1. The highest BCUT2D eigenvalue weighted by Crippen LogP contribution is 2.19. The summed E-state index contributed by atoms with van der Waals surface area (Å²) in [5, 5.41) is 2.99. The van der Waals surface area contributed by atoms with Gasteiger partial charge in [0.25, 0.3) is 0 Å². The Hall–Kier alpha value is -2.04. The molecule has 0 saturated heterocycles. The van der Waals surface area contributed by atoms with Crippen LogP contribution in [0.4, 0.5) is 5.69 Å². The monoisotopic (exact) mass is 233 g/mol. The van der Waals surface area contributed by atoms with Crippen LogP contribution in [-0.2, 0) is 16.6 Å². The molecule has 1 aromatic carbocycles. The van der Waals surface area contributed by atoms with E-state index in [9.17, 15) is 4.79 Å². The molecule has 5 heteroatoms. The highest BCUT2D eigenvalue weighted by molar-refractivity contribution is 5.81. The maximum atomic E-state index is 11.0. The molecule has 0 aliphatic heterocycles. The number of aryl methyl sites for hydroxylation is 2. The first kappa shape index (κ1) is 11.4. The van der Waals surface area contributed by atoms with Gasteiger partial charge in [0.15, 0.2) is 0 Å². The summed E-state index contributed by atoms with van der Waals surface area (Å²) >= 11 is 0. The molecule has 0 radical (unpaired) electrons. The summed E-state index contributed by atoms with van der Waals surface area (Å²) < 4.78 is 6.59. The highest BCUT2D eigenvalue weighted by Gasteiger charge is 2.05. The third-order valence-electron chi connectivity index (χ3n) is 2.77. The SMILES string of the molecule is COC(=O)CNc1ccc2c(c1)nc(C)n2C. The molecule has 0 aliphatic rings. The fourth-order valence-electron chi connectivity index (χ4n) is 1.68. The van der Waals surface area contributed by atoms with E-state index >= 15 is 0 Å². The molecule has 0 bridgehead atoms. The van der Waals surface area contributed by atoms with Gasteiger partial charge in [-0.05, 0) is 25.1 Å². The number of methoxy groups -OCH3 is 1. The summed E-state index contributed by atoms with van der Waals surface area (Å²) in [5.41, 5.74) is 2.85. The Bertz CT molecular complexity index is 560. The van der Waals surface area contributed by atoms with Crippen molar-refractivity contribution in [2.45, 2.75) is 6.92 Å². The number of ether oxygens (including phenoxy) is 1. The lowest BCUT2D eigenvalue weighted by atomic mass is 10.2. The summed E-state index contributed by atoms with van der Waals surface area (Å²) in [7, 11) is 3.35. The minimum atomic E-state index is -0.290. The van der Waals surface area contributed by atoms with Crippen molar-refractivity contribution in [3.8, 4) is 0 Å². The van der Waals surface area contributed by atoms with Crippen LogP contribution >= 0.6 is 0 Å². The molecular weight excluding hydrogens is 218 g/mol. The third-order valence-corrected chi connectivity index (χ3v) is 2.77.